The third kappa shape index (κ3) is 5.75. The van der Waals surface area contributed by atoms with E-state index in [9.17, 15) is 0 Å². The minimum Gasteiger partial charge on any atom is -0.497 e. The van der Waals surface area contributed by atoms with Crippen LogP contribution in [0.4, 0.5) is 0 Å². The van der Waals surface area contributed by atoms with Crippen molar-refractivity contribution in [3.63, 3.8) is 0 Å². The minimum absolute atomic E-state index is 0.0392. The van der Waals surface area contributed by atoms with Gasteiger partial charge in [-0.25, -0.2) is 0 Å². The summed E-state index contributed by atoms with van der Waals surface area (Å²) in [5.74, 6) is 2.44. The van der Waals surface area contributed by atoms with Crippen molar-refractivity contribution in [3.05, 3.63) is 66.7 Å². The molecule has 0 bridgehead atoms. The Hall–Kier alpha value is -3.02. The number of benzene rings is 3. The van der Waals surface area contributed by atoms with Crippen LogP contribution in [0, 0.1) is 0 Å². The van der Waals surface area contributed by atoms with Crippen LogP contribution in [0.15, 0.2) is 66.7 Å². The molecule has 5 nitrogen and oxygen atoms in total. The highest BCUT2D eigenvalue weighted by molar-refractivity contribution is 5.75. The fourth-order valence-electron chi connectivity index (χ4n) is 3.25. The molecule has 0 unspecified atom stereocenters. The maximum Gasteiger partial charge on any atom is 0.120 e. The average Bonchev–Trinajstić information content (AvgIpc) is 2.81. The molecule has 0 aliphatic heterocycles. The molecule has 4 N–H and O–H groups in total. The number of hydrogen-bond acceptors (Lipinski definition) is 5. The van der Waals surface area contributed by atoms with Crippen LogP contribution in [0.25, 0.3) is 22.3 Å². The molecule has 0 radical (unpaired) electrons. The van der Waals surface area contributed by atoms with Crippen LogP contribution in [-0.4, -0.2) is 33.4 Å². The summed E-state index contributed by atoms with van der Waals surface area (Å²) in [4.78, 5) is 0. The van der Waals surface area contributed by atoms with Crippen LogP contribution >= 0.6 is 0 Å². The summed E-state index contributed by atoms with van der Waals surface area (Å²) in [6.07, 6.45) is 1.74. The van der Waals surface area contributed by atoms with Gasteiger partial charge in [0.15, 0.2) is 0 Å². The Bertz CT molecular complexity index is 858. The maximum absolute atomic E-state index is 6.16. The van der Waals surface area contributed by atoms with Crippen molar-refractivity contribution in [1.82, 2.24) is 0 Å². The van der Waals surface area contributed by atoms with Crippen LogP contribution in [0.2, 0.25) is 0 Å². The highest BCUT2D eigenvalue weighted by atomic mass is 16.5. The van der Waals surface area contributed by atoms with E-state index < -0.39 is 0 Å². The summed E-state index contributed by atoms with van der Waals surface area (Å²) in [6.45, 7) is 1.09. The predicted octanol–water partition coefficient (Wildman–Crippen LogP) is 4.48. The summed E-state index contributed by atoms with van der Waals surface area (Å²) in [6, 6.07) is 22.2. The molecule has 3 aromatic carbocycles. The van der Waals surface area contributed by atoms with Gasteiger partial charge in [-0.2, -0.15) is 0 Å². The largest absolute Gasteiger partial charge is 0.497 e. The van der Waals surface area contributed by atoms with E-state index in [0.29, 0.717) is 13.2 Å². The zero-order chi connectivity index (χ0) is 21.3. The lowest BCUT2D eigenvalue weighted by Gasteiger charge is -2.15. The molecule has 0 amide bonds. The zero-order valence-corrected chi connectivity index (χ0v) is 17.6. The fourth-order valence-corrected chi connectivity index (χ4v) is 3.25. The molecule has 5 heteroatoms. The summed E-state index contributed by atoms with van der Waals surface area (Å²) >= 11 is 0. The first-order valence-corrected chi connectivity index (χ1v) is 10.2. The van der Waals surface area contributed by atoms with Gasteiger partial charge in [-0.05, 0) is 84.1 Å². The van der Waals surface area contributed by atoms with Crippen molar-refractivity contribution in [3.8, 4) is 39.5 Å². The first-order valence-electron chi connectivity index (χ1n) is 10.2. The molecular formula is C25H30N2O3. The molecule has 1 atom stereocenters. The average molecular weight is 407 g/mol. The van der Waals surface area contributed by atoms with Crippen molar-refractivity contribution >= 4 is 0 Å². The Kier molecular flexibility index (Phi) is 7.71. The monoisotopic (exact) mass is 406 g/mol. The van der Waals surface area contributed by atoms with E-state index in [0.717, 1.165) is 52.3 Å². The van der Waals surface area contributed by atoms with Crippen LogP contribution in [0.3, 0.4) is 0 Å². The van der Waals surface area contributed by atoms with Crippen molar-refractivity contribution in [2.45, 2.75) is 18.9 Å². The molecule has 0 aromatic heterocycles. The van der Waals surface area contributed by atoms with E-state index in [1.54, 1.807) is 14.2 Å². The van der Waals surface area contributed by atoms with Gasteiger partial charge in [0.05, 0.1) is 14.2 Å². The van der Waals surface area contributed by atoms with Gasteiger partial charge >= 0.3 is 0 Å². The topological polar surface area (TPSA) is 79.7 Å². The number of ether oxygens (including phenoxy) is 3. The number of hydrogen-bond donors (Lipinski definition) is 2. The molecule has 158 valence electrons. The molecule has 30 heavy (non-hydrogen) atoms. The Balaban J connectivity index is 1.91. The maximum atomic E-state index is 6.16. The molecule has 0 saturated heterocycles. The van der Waals surface area contributed by atoms with Gasteiger partial charge in [0.25, 0.3) is 0 Å². The van der Waals surface area contributed by atoms with E-state index in [1.807, 2.05) is 60.7 Å². The van der Waals surface area contributed by atoms with Crippen LogP contribution < -0.4 is 25.7 Å². The van der Waals surface area contributed by atoms with E-state index in [-0.39, 0.29) is 6.04 Å². The molecule has 0 saturated carbocycles. The molecular weight excluding hydrogens is 376 g/mol. The highest BCUT2D eigenvalue weighted by Gasteiger charge is 2.09. The molecule has 0 heterocycles. The summed E-state index contributed by atoms with van der Waals surface area (Å²) < 4.78 is 16.6. The molecule has 0 aliphatic carbocycles. The second-order valence-corrected chi connectivity index (χ2v) is 7.21. The number of rotatable bonds is 10. The van der Waals surface area contributed by atoms with Crippen LogP contribution in [-0.2, 0) is 0 Å². The van der Waals surface area contributed by atoms with Crippen molar-refractivity contribution in [2.75, 3.05) is 27.4 Å². The molecule has 0 fully saturated rings. The van der Waals surface area contributed by atoms with Gasteiger partial charge in [-0.15, -0.1) is 0 Å². The van der Waals surface area contributed by atoms with Crippen LogP contribution in [0.5, 0.6) is 17.2 Å². The van der Waals surface area contributed by atoms with Crippen molar-refractivity contribution < 1.29 is 14.2 Å². The standard InChI is InChI=1S/C25H30N2O3/c1-28-23-9-5-18(6-10-23)20-14-21(19-7-11-24(29-2)12-8-19)16-25(15-20)30-17-22(27)4-3-13-26/h5-12,14-16,22H,3-4,13,17,26-27H2,1-2H3/t22-/m0/s1. The predicted molar refractivity (Wildman–Crippen MR) is 122 cm³/mol. The lowest BCUT2D eigenvalue weighted by atomic mass is 9.98. The summed E-state index contributed by atoms with van der Waals surface area (Å²) in [5.41, 5.74) is 16.0. The van der Waals surface area contributed by atoms with E-state index in [1.165, 1.54) is 0 Å². The molecule has 0 spiro atoms. The lowest BCUT2D eigenvalue weighted by Crippen LogP contribution is -2.28. The fraction of sp³-hybridized carbons (Fsp3) is 0.280. The second kappa shape index (κ2) is 10.7. The van der Waals surface area contributed by atoms with Gasteiger partial charge in [0.2, 0.25) is 0 Å². The Morgan fingerprint density at radius 3 is 1.63 bits per heavy atom. The minimum atomic E-state index is -0.0392. The lowest BCUT2D eigenvalue weighted by molar-refractivity contribution is 0.281. The third-order valence-electron chi connectivity index (χ3n) is 5.00. The van der Waals surface area contributed by atoms with Gasteiger partial charge in [-0.1, -0.05) is 24.3 Å². The van der Waals surface area contributed by atoms with E-state index >= 15 is 0 Å². The van der Waals surface area contributed by atoms with E-state index in [4.69, 9.17) is 25.7 Å². The molecule has 3 aromatic rings. The van der Waals surface area contributed by atoms with E-state index in [2.05, 4.69) is 6.07 Å². The second-order valence-electron chi connectivity index (χ2n) is 7.21. The first-order chi connectivity index (χ1) is 14.6. The van der Waals surface area contributed by atoms with Gasteiger partial charge in [0, 0.05) is 6.04 Å². The summed E-state index contributed by atoms with van der Waals surface area (Å²) in [7, 11) is 3.33. The van der Waals surface area contributed by atoms with Crippen molar-refractivity contribution in [1.29, 1.82) is 0 Å². The van der Waals surface area contributed by atoms with Gasteiger partial charge in [0.1, 0.15) is 23.9 Å². The molecule has 0 aliphatic rings. The van der Waals surface area contributed by atoms with Gasteiger partial charge in [-0.3, -0.25) is 0 Å². The summed E-state index contributed by atoms with van der Waals surface area (Å²) in [5, 5.41) is 0. The SMILES string of the molecule is COc1ccc(-c2cc(OC[C@@H](N)CCCN)cc(-c3ccc(OC)cc3)c2)cc1. The Morgan fingerprint density at radius 2 is 1.20 bits per heavy atom. The zero-order valence-electron chi connectivity index (χ0n) is 17.6. The first kappa shape index (κ1) is 21.7. The quantitative estimate of drug-likeness (QED) is 0.519. The molecule has 3 rings (SSSR count). The van der Waals surface area contributed by atoms with Gasteiger partial charge < -0.3 is 25.7 Å². The Labute approximate surface area is 178 Å². The van der Waals surface area contributed by atoms with Crippen molar-refractivity contribution in [2.24, 2.45) is 11.5 Å². The Morgan fingerprint density at radius 1 is 0.700 bits per heavy atom. The highest BCUT2D eigenvalue weighted by Crippen LogP contribution is 2.33. The van der Waals surface area contributed by atoms with Crippen LogP contribution in [0.1, 0.15) is 12.8 Å². The number of nitrogens with two attached hydrogens (primary N) is 2. The number of methoxy groups -OCH3 is 2. The normalized spacial score (nSPS) is 11.7. The smallest absolute Gasteiger partial charge is 0.120 e. The third-order valence-corrected chi connectivity index (χ3v) is 5.00.